The van der Waals surface area contributed by atoms with E-state index in [0.29, 0.717) is 25.1 Å². The van der Waals surface area contributed by atoms with Crippen molar-refractivity contribution in [2.75, 3.05) is 13.1 Å². The van der Waals surface area contributed by atoms with E-state index in [0.717, 1.165) is 27.7 Å². The summed E-state index contributed by atoms with van der Waals surface area (Å²) in [5.74, 6) is -0.0482. The number of carbonyl (C=O) groups is 2. The smallest absolute Gasteiger partial charge is 0.251 e. The van der Waals surface area contributed by atoms with Gasteiger partial charge < -0.3 is 10.2 Å². The van der Waals surface area contributed by atoms with Gasteiger partial charge in [0, 0.05) is 36.2 Å². The number of hydrogen-bond donors (Lipinski definition) is 1. The molecule has 1 saturated heterocycles. The first kappa shape index (κ1) is 18.2. The van der Waals surface area contributed by atoms with E-state index in [-0.39, 0.29) is 17.9 Å². The molecular weight excluding hydrogens is 350 g/mol. The summed E-state index contributed by atoms with van der Waals surface area (Å²) in [6, 6.07) is 17.6. The van der Waals surface area contributed by atoms with Crippen molar-refractivity contribution in [3.8, 4) is 11.1 Å². The van der Waals surface area contributed by atoms with E-state index in [1.54, 1.807) is 4.90 Å². The Labute approximate surface area is 164 Å². The van der Waals surface area contributed by atoms with Gasteiger partial charge in [-0.3, -0.25) is 14.6 Å². The first-order valence-electron chi connectivity index (χ1n) is 9.60. The molecule has 1 aliphatic heterocycles. The van der Waals surface area contributed by atoms with Gasteiger partial charge in [-0.1, -0.05) is 30.3 Å². The molecule has 28 heavy (non-hydrogen) atoms. The van der Waals surface area contributed by atoms with Gasteiger partial charge in [0.2, 0.25) is 5.91 Å². The second-order valence-corrected chi connectivity index (χ2v) is 7.22. The lowest BCUT2D eigenvalue weighted by molar-refractivity contribution is -0.127. The van der Waals surface area contributed by atoms with Crippen LogP contribution >= 0.6 is 0 Å². The molecule has 5 heteroatoms. The van der Waals surface area contributed by atoms with Gasteiger partial charge in [-0.05, 0) is 49.2 Å². The lowest BCUT2D eigenvalue weighted by Crippen LogP contribution is -2.37. The SMILES string of the molecule is CCN1C[C@H](NC(=O)c2cccc(-c3cc(C)nc4ccccc34)c2)CC1=O. The Balaban J connectivity index is 1.62. The van der Waals surface area contributed by atoms with Crippen LogP contribution in [0.5, 0.6) is 0 Å². The summed E-state index contributed by atoms with van der Waals surface area (Å²) in [7, 11) is 0. The number of rotatable bonds is 4. The summed E-state index contributed by atoms with van der Waals surface area (Å²) in [6.45, 7) is 5.18. The maximum atomic E-state index is 12.8. The number of aryl methyl sites for hydroxylation is 1. The van der Waals surface area contributed by atoms with E-state index in [1.165, 1.54) is 0 Å². The van der Waals surface area contributed by atoms with Gasteiger partial charge in [0.05, 0.1) is 11.6 Å². The molecule has 0 aliphatic carbocycles. The monoisotopic (exact) mass is 373 g/mol. The summed E-state index contributed by atoms with van der Waals surface area (Å²) in [5, 5.41) is 4.06. The first-order valence-corrected chi connectivity index (χ1v) is 9.60. The molecule has 2 aromatic carbocycles. The molecule has 1 aliphatic rings. The van der Waals surface area contributed by atoms with Crippen LogP contribution in [0.2, 0.25) is 0 Å². The van der Waals surface area contributed by atoms with Gasteiger partial charge >= 0.3 is 0 Å². The van der Waals surface area contributed by atoms with E-state index in [9.17, 15) is 9.59 Å². The zero-order valence-corrected chi connectivity index (χ0v) is 16.1. The fraction of sp³-hybridized carbons (Fsp3) is 0.261. The van der Waals surface area contributed by atoms with E-state index in [1.807, 2.05) is 68.4 Å². The van der Waals surface area contributed by atoms with Crippen LogP contribution in [0, 0.1) is 6.92 Å². The minimum atomic E-state index is -0.146. The molecule has 1 N–H and O–H groups in total. The number of likely N-dealkylation sites (N-methyl/N-ethyl adjacent to an activating group) is 1. The third-order valence-electron chi connectivity index (χ3n) is 5.21. The quantitative estimate of drug-likeness (QED) is 0.761. The molecule has 1 aromatic heterocycles. The first-order chi connectivity index (χ1) is 13.5. The lowest BCUT2D eigenvalue weighted by atomic mass is 9.98. The molecule has 4 rings (SSSR count). The molecule has 3 aromatic rings. The third kappa shape index (κ3) is 3.48. The fourth-order valence-electron chi connectivity index (χ4n) is 3.82. The lowest BCUT2D eigenvalue weighted by Gasteiger charge is -2.15. The highest BCUT2D eigenvalue weighted by atomic mass is 16.2. The molecule has 1 atom stereocenters. The van der Waals surface area contributed by atoms with Crippen molar-refractivity contribution in [2.45, 2.75) is 26.3 Å². The predicted molar refractivity (Wildman–Crippen MR) is 110 cm³/mol. The van der Waals surface area contributed by atoms with Crippen molar-refractivity contribution < 1.29 is 9.59 Å². The second kappa shape index (κ2) is 7.43. The number of fused-ring (bicyclic) bond motifs is 1. The second-order valence-electron chi connectivity index (χ2n) is 7.22. The minimum Gasteiger partial charge on any atom is -0.347 e. The molecule has 0 radical (unpaired) electrons. The van der Waals surface area contributed by atoms with Crippen molar-refractivity contribution in [1.29, 1.82) is 0 Å². The van der Waals surface area contributed by atoms with E-state index >= 15 is 0 Å². The predicted octanol–water partition coefficient (Wildman–Crippen LogP) is 3.56. The van der Waals surface area contributed by atoms with Crippen molar-refractivity contribution in [2.24, 2.45) is 0 Å². The molecule has 2 heterocycles. The van der Waals surface area contributed by atoms with Crippen LogP contribution < -0.4 is 5.32 Å². The van der Waals surface area contributed by atoms with Gasteiger partial charge in [-0.2, -0.15) is 0 Å². The molecule has 142 valence electrons. The zero-order chi connectivity index (χ0) is 19.7. The highest BCUT2D eigenvalue weighted by Gasteiger charge is 2.29. The Hall–Kier alpha value is -3.21. The third-order valence-corrected chi connectivity index (χ3v) is 5.21. The number of hydrogen-bond acceptors (Lipinski definition) is 3. The maximum absolute atomic E-state index is 12.8. The molecular formula is C23H23N3O2. The summed E-state index contributed by atoms with van der Waals surface area (Å²) in [5.41, 5.74) is 4.51. The minimum absolute atomic E-state index is 0.0975. The normalized spacial score (nSPS) is 16.6. The van der Waals surface area contributed by atoms with Gasteiger partial charge in [-0.15, -0.1) is 0 Å². The number of carbonyl (C=O) groups excluding carboxylic acids is 2. The standard InChI is InChI=1S/C23H23N3O2/c1-3-26-14-18(13-22(26)27)25-23(28)17-8-6-7-16(12-17)20-11-15(2)24-21-10-5-4-9-19(20)21/h4-12,18H,3,13-14H2,1-2H3,(H,25,28)/t18-/m1/s1. The van der Waals surface area contributed by atoms with Crippen molar-refractivity contribution in [1.82, 2.24) is 15.2 Å². The molecule has 0 bridgehead atoms. The largest absolute Gasteiger partial charge is 0.347 e. The number of benzene rings is 2. The zero-order valence-electron chi connectivity index (χ0n) is 16.1. The van der Waals surface area contributed by atoms with Gasteiger partial charge in [0.25, 0.3) is 5.91 Å². The van der Waals surface area contributed by atoms with Crippen LogP contribution in [-0.4, -0.2) is 40.8 Å². The number of pyridine rings is 1. The van der Waals surface area contributed by atoms with E-state index < -0.39 is 0 Å². The molecule has 0 saturated carbocycles. The number of likely N-dealkylation sites (tertiary alicyclic amines) is 1. The van der Waals surface area contributed by atoms with Crippen molar-refractivity contribution >= 4 is 22.7 Å². The van der Waals surface area contributed by atoms with Crippen LogP contribution in [-0.2, 0) is 4.79 Å². The summed E-state index contributed by atoms with van der Waals surface area (Å²) in [4.78, 5) is 31.0. The summed E-state index contributed by atoms with van der Waals surface area (Å²) in [6.07, 6.45) is 0.369. The summed E-state index contributed by atoms with van der Waals surface area (Å²) < 4.78 is 0. The average Bonchev–Trinajstić information content (AvgIpc) is 3.06. The molecule has 0 spiro atoms. The van der Waals surface area contributed by atoms with Crippen LogP contribution in [0.15, 0.2) is 54.6 Å². The Kier molecular flexibility index (Phi) is 4.82. The Morgan fingerprint density at radius 1 is 1.18 bits per heavy atom. The van der Waals surface area contributed by atoms with Gasteiger partial charge in [-0.25, -0.2) is 0 Å². The van der Waals surface area contributed by atoms with E-state index in [2.05, 4.69) is 10.3 Å². The number of amides is 2. The van der Waals surface area contributed by atoms with E-state index in [4.69, 9.17) is 0 Å². The number of para-hydroxylation sites is 1. The van der Waals surface area contributed by atoms with Crippen LogP contribution in [0.3, 0.4) is 0 Å². The number of aromatic nitrogens is 1. The van der Waals surface area contributed by atoms with Crippen LogP contribution in [0.25, 0.3) is 22.0 Å². The number of nitrogens with zero attached hydrogens (tertiary/aromatic N) is 2. The van der Waals surface area contributed by atoms with Crippen LogP contribution in [0.4, 0.5) is 0 Å². The molecule has 5 nitrogen and oxygen atoms in total. The Morgan fingerprint density at radius 3 is 2.79 bits per heavy atom. The Bertz CT molecular complexity index is 1060. The van der Waals surface area contributed by atoms with Crippen LogP contribution in [0.1, 0.15) is 29.4 Å². The molecule has 1 fully saturated rings. The topological polar surface area (TPSA) is 62.3 Å². The molecule has 2 amide bonds. The van der Waals surface area contributed by atoms with Gasteiger partial charge in [0.15, 0.2) is 0 Å². The highest BCUT2D eigenvalue weighted by molar-refractivity contribution is 5.99. The van der Waals surface area contributed by atoms with Crippen molar-refractivity contribution in [3.63, 3.8) is 0 Å². The average molecular weight is 373 g/mol. The Morgan fingerprint density at radius 2 is 2.00 bits per heavy atom. The molecule has 0 unspecified atom stereocenters. The highest BCUT2D eigenvalue weighted by Crippen LogP contribution is 2.29. The fourth-order valence-corrected chi connectivity index (χ4v) is 3.82. The van der Waals surface area contributed by atoms with Gasteiger partial charge in [0.1, 0.15) is 0 Å². The summed E-state index contributed by atoms with van der Waals surface area (Å²) >= 11 is 0. The van der Waals surface area contributed by atoms with Crippen molar-refractivity contribution in [3.05, 3.63) is 65.9 Å². The number of nitrogens with one attached hydrogen (secondary N) is 1. The maximum Gasteiger partial charge on any atom is 0.251 e.